The average Bonchev–Trinajstić information content (AvgIpc) is 2.83. The first-order chi connectivity index (χ1) is 9.79. The summed E-state index contributed by atoms with van der Waals surface area (Å²) >= 11 is 0. The number of hydrogen-bond acceptors (Lipinski definition) is 4. The van der Waals surface area contributed by atoms with Crippen LogP contribution in [0.25, 0.3) is 11.0 Å². The van der Waals surface area contributed by atoms with Crippen molar-refractivity contribution in [2.45, 2.75) is 18.9 Å². The maximum Gasteiger partial charge on any atom is 0.206 e. The molecule has 0 saturated carbocycles. The SMILES string of the molecule is Cn1c(N2CCC(NCCO)CC2)nc2ccccc21. The van der Waals surface area contributed by atoms with Gasteiger partial charge in [0.25, 0.3) is 0 Å². The van der Waals surface area contributed by atoms with E-state index in [9.17, 15) is 0 Å². The van der Waals surface area contributed by atoms with Crippen LogP contribution < -0.4 is 10.2 Å². The number of anilines is 1. The fourth-order valence-electron chi connectivity index (χ4n) is 2.97. The summed E-state index contributed by atoms with van der Waals surface area (Å²) in [7, 11) is 2.08. The molecule has 108 valence electrons. The van der Waals surface area contributed by atoms with Crippen molar-refractivity contribution in [2.24, 2.45) is 7.05 Å². The molecule has 1 aliphatic heterocycles. The van der Waals surface area contributed by atoms with Crippen molar-refractivity contribution in [3.8, 4) is 0 Å². The number of fused-ring (bicyclic) bond motifs is 1. The van der Waals surface area contributed by atoms with Crippen molar-refractivity contribution >= 4 is 17.0 Å². The van der Waals surface area contributed by atoms with Gasteiger partial charge < -0.3 is 19.9 Å². The first-order valence-electron chi connectivity index (χ1n) is 7.30. The van der Waals surface area contributed by atoms with E-state index < -0.39 is 0 Å². The van der Waals surface area contributed by atoms with Gasteiger partial charge in [-0.1, -0.05) is 12.1 Å². The fraction of sp³-hybridized carbons (Fsp3) is 0.533. The molecule has 1 fully saturated rings. The Hall–Kier alpha value is -1.59. The smallest absolute Gasteiger partial charge is 0.206 e. The molecule has 5 nitrogen and oxygen atoms in total. The van der Waals surface area contributed by atoms with Crippen LogP contribution in [0.5, 0.6) is 0 Å². The number of aryl methyl sites for hydroxylation is 1. The van der Waals surface area contributed by atoms with E-state index >= 15 is 0 Å². The molecule has 3 rings (SSSR count). The van der Waals surface area contributed by atoms with Crippen molar-refractivity contribution in [2.75, 3.05) is 31.1 Å². The molecule has 2 aromatic rings. The molecule has 5 heteroatoms. The zero-order valence-corrected chi connectivity index (χ0v) is 11.9. The highest BCUT2D eigenvalue weighted by Crippen LogP contribution is 2.23. The van der Waals surface area contributed by atoms with Gasteiger partial charge in [0, 0.05) is 32.7 Å². The molecule has 0 radical (unpaired) electrons. The highest BCUT2D eigenvalue weighted by atomic mass is 16.3. The highest BCUT2D eigenvalue weighted by Gasteiger charge is 2.22. The van der Waals surface area contributed by atoms with Crippen LogP contribution in [0, 0.1) is 0 Å². The van der Waals surface area contributed by atoms with E-state index in [0.717, 1.165) is 37.4 Å². The number of nitrogens with one attached hydrogen (secondary N) is 1. The fourth-order valence-corrected chi connectivity index (χ4v) is 2.97. The highest BCUT2D eigenvalue weighted by molar-refractivity contribution is 5.78. The summed E-state index contributed by atoms with van der Waals surface area (Å²) < 4.78 is 2.18. The van der Waals surface area contributed by atoms with Gasteiger partial charge in [-0.25, -0.2) is 4.98 Å². The molecule has 0 spiro atoms. The summed E-state index contributed by atoms with van der Waals surface area (Å²) in [5.41, 5.74) is 2.24. The lowest BCUT2D eigenvalue weighted by molar-refractivity contribution is 0.276. The Morgan fingerprint density at radius 1 is 1.30 bits per heavy atom. The number of hydrogen-bond donors (Lipinski definition) is 2. The Morgan fingerprint density at radius 2 is 2.05 bits per heavy atom. The van der Waals surface area contributed by atoms with Crippen LogP contribution in [0.2, 0.25) is 0 Å². The number of para-hydroxylation sites is 2. The predicted molar refractivity (Wildman–Crippen MR) is 81.0 cm³/mol. The van der Waals surface area contributed by atoms with Crippen molar-refractivity contribution < 1.29 is 5.11 Å². The molecule has 0 atom stereocenters. The summed E-state index contributed by atoms with van der Waals surface area (Å²) in [4.78, 5) is 7.11. The first kappa shape index (κ1) is 13.4. The van der Waals surface area contributed by atoms with Crippen molar-refractivity contribution in [3.63, 3.8) is 0 Å². The van der Waals surface area contributed by atoms with Gasteiger partial charge in [0.2, 0.25) is 5.95 Å². The molecule has 20 heavy (non-hydrogen) atoms. The van der Waals surface area contributed by atoms with Crippen LogP contribution in [0.3, 0.4) is 0 Å². The van der Waals surface area contributed by atoms with Gasteiger partial charge in [0.15, 0.2) is 0 Å². The Kier molecular flexibility index (Phi) is 3.89. The molecule has 1 aliphatic rings. The number of piperidine rings is 1. The molecule has 0 aliphatic carbocycles. The summed E-state index contributed by atoms with van der Waals surface area (Å²) in [6.45, 7) is 2.93. The standard InChI is InChI=1S/C15H22N4O/c1-18-14-5-3-2-4-13(14)17-15(18)19-9-6-12(7-10-19)16-8-11-20/h2-5,12,16,20H,6-11H2,1H3. The van der Waals surface area contributed by atoms with E-state index in [-0.39, 0.29) is 6.61 Å². The van der Waals surface area contributed by atoms with Crippen LogP contribution in [0.4, 0.5) is 5.95 Å². The molecule has 2 N–H and O–H groups in total. The quantitative estimate of drug-likeness (QED) is 0.877. The van der Waals surface area contributed by atoms with Gasteiger partial charge in [-0.05, 0) is 25.0 Å². The van der Waals surface area contributed by atoms with Crippen LogP contribution >= 0.6 is 0 Å². The van der Waals surface area contributed by atoms with Gasteiger partial charge >= 0.3 is 0 Å². The van der Waals surface area contributed by atoms with E-state index in [4.69, 9.17) is 10.1 Å². The molecular weight excluding hydrogens is 252 g/mol. The van der Waals surface area contributed by atoms with E-state index in [2.05, 4.69) is 40.0 Å². The van der Waals surface area contributed by atoms with E-state index in [1.165, 1.54) is 5.52 Å². The summed E-state index contributed by atoms with van der Waals surface area (Å²) in [5, 5.41) is 12.2. The number of nitrogens with zero attached hydrogens (tertiary/aromatic N) is 3. The number of imidazole rings is 1. The molecule has 0 unspecified atom stereocenters. The van der Waals surface area contributed by atoms with Gasteiger partial charge in [0.1, 0.15) is 0 Å². The lowest BCUT2D eigenvalue weighted by atomic mass is 10.1. The summed E-state index contributed by atoms with van der Waals surface area (Å²) in [6.07, 6.45) is 2.20. The topological polar surface area (TPSA) is 53.3 Å². The van der Waals surface area contributed by atoms with Crippen LogP contribution in [-0.2, 0) is 7.05 Å². The van der Waals surface area contributed by atoms with Crippen LogP contribution in [0.15, 0.2) is 24.3 Å². The molecule has 2 heterocycles. The number of rotatable bonds is 4. The molecular formula is C15H22N4O. The minimum absolute atomic E-state index is 0.213. The van der Waals surface area contributed by atoms with Crippen LogP contribution in [-0.4, -0.2) is 46.9 Å². The Balaban J connectivity index is 1.72. The molecule has 1 saturated heterocycles. The molecule has 0 bridgehead atoms. The second-order valence-electron chi connectivity index (χ2n) is 5.40. The third-order valence-corrected chi connectivity index (χ3v) is 4.09. The van der Waals surface area contributed by atoms with Crippen molar-refractivity contribution in [1.29, 1.82) is 0 Å². The normalized spacial score (nSPS) is 17.0. The number of aliphatic hydroxyl groups is 1. The van der Waals surface area contributed by atoms with Gasteiger partial charge in [-0.15, -0.1) is 0 Å². The minimum Gasteiger partial charge on any atom is -0.395 e. The third-order valence-electron chi connectivity index (χ3n) is 4.09. The second kappa shape index (κ2) is 5.81. The van der Waals surface area contributed by atoms with E-state index in [1.807, 2.05) is 6.07 Å². The van der Waals surface area contributed by atoms with Gasteiger partial charge in [-0.3, -0.25) is 0 Å². The third kappa shape index (κ3) is 2.51. The number of aromatic nitrogens is 2. The molecule has 1 aromatic heterocycles. The average molecular weight is 274 g/mol. The zero-order chi connectivity index (χ0) is 13.9. The second-order valence-corrected chi connectivity index (χ2v) is 5.40. The van der Waals surface area contributed by atoms with Gasteiger partial charge in [0.05, 0.1) is 17.6 Å². The largest absolute Gasteiger partial charge is 0.395 e. The van der Waals surface area contributed by atoms with Crippen molar-refractivity contribution in [1.82, 2.24) is 14.9 Å². The Morgan fingerprint density at radius 3 is 2.75 bits per heavy atom. The Labute approximate surface area is 119 Å². The van der Waals surface area contributed by atoms with Crippen molar-refractivity contribution in [3.05, 3.63) is 24.3 Å². The van der Waals surface area contributed by atoms with E-state index in [1.54, 1.807) is 0 Å². The maximum atomic E-state index is 8.86. The Bertz CT molecular complexity index is 572. The number of aliphatic hydroxyl groups excluding tert-OH is 1. The van der Waals surface area contributed by atoms with E-state index in [0.29, 0.717) is 12.6 Å². The first-order valence-corrected chi connectivity index (χ1v) is 7.30. The summed E-state index contributed by atoms with van der Waals surface area (Å²) in [6, 6.07) is 8.78. The molecule has 0 amide bonds. The maximum absolute atomic E-state index is 8.86. The van der Waals surface area contributed by atoms with Gasteiger partial charge in [-0.2, -0.15) is 0 Å². The molecule has 1 aromatic carbocycles. The predicted octanol–water partition coefficient (Wildman–Crippen LogP) is 1.12. The zero-order valence-electron chi connectivity index (χ0n) is 11.9. The summed E-state index contributed by atoms with van der Waals surface area (Å²) in [5.74, 6) is 1.06. The monoisotopic (exact) mass is 274 g/mol. The lowest BCUT2D eigenvalue weighted by Gasteiger charge is -2.33. The van der Waals surface area contributed by atoms with Crippen LogP contribution in [0.1, 0.15) is 12.8 Å². The lowest BCUT2D eigenvalue weighted by Crippen LogP contribution is -2.44. The number of benzene rings is 1. The minimum atomic E-state index is 0.213.